The van der Waals surface area contributed by atoms with E-state index in [0.29, 0.717) is 12.5 Å². The molecule has 0 amide bonds. The minimum absolute atomic E-state index is 0.0180. The van der Waals surface area contributed by atoms with Gasteiger partial charge in [0.05, 0.1) is 12.7 Å². The van der Waals surface area contributed by atoms with Crippen molar-refractivity contribution in [2.24, 2.45) is 5.92 Å². The van der Waals surface area contributed by atoms with Gasteiger partial charge in [0.1, 0.15) is 0 Å². The Morgan fingerprint density at radius 2 is 2.00 bits per heavy atom. The third kappa shape index (κ3) is 6.21. The van der Waals surface area contributed by atoms with Crippen LogP contribution in [0.5, 0.6) is 0 Å². The minimum atomic E-state index is -0.409. The van der Waals surface area contributed by atoms with Gasteiger partial charge in [-0.2, -0.15) is 0 Å². The number of carbonyl (C=O) groups is 1. The van der Waals surface area contributed by atoms with Crippen LogP contribution >= 0.6 is 24.0 Å². The van der Waals surface area contributed by atoms with Crippen molar-refractivity contribution < 1.29 is 14.3 Å². The average Bonchev–Trinajstić information content (AvgIpc) is 2.03. The molecule has 3 nitrogen and oxygen atoms in total. The van der Waals surface area contributed by atoms with Gasteiger partial charge in [-0.25, -0.2) is 4.79 Å². The molecule has 0 saturated carbocycles. The predicted octanol–water partition coefficient (Wildman–Crippen LogP) is 3.22. The summed E-state index contributed by atoms with van der Waals surface area (Å²) in [6.45, 7) is 8.08. The number of rotatable bonds is 3. The molecule has 0 fully saturated rings. The zero-order valence-corrected chi connectivity index (χ0v) is 10.5. The Hall–Kier alpha value is -0.290. The lowest BCUT2D eigenvalue weighted by molar-refractivity contribution is 0.167. The van der Waals surface area contributed by atoms with Gasteiger partial charge in [-0.05, 0) is 32.0 Å². The first kappa shape index (κ1) is 13.7. The number of thioether (sulfide) groups is 1. The van der Waals surface area contributed by atoms with Crippen molar-refractivity contribution in [3.05, 3.63) is 0 Å². The second kappa shape index (κ2) is 7.06. The lowest BCUT2D eigenvalue weighted by Gasteiger charge is -2.17. The quantitative estimate of drug-likeness (QED) is 0.555. The first-order valence-corrected chi connectivity index (χ1v) is 5.75. The highest BCUT2D eigenvalue weighted by Crippen LogP contribution is 2.14. The maximum atomic E-state index is 11.0. The third-order valence-corrected chi connectivity index (χ3v) is 2.54. The molecule has 0 aliphatic heterocycles. The van der Waals surface area contributed by atoms with E-state index in [1.807, 2.05) is 20.8 Å². The van der Waals surface area contributed by atoms with Crippen LogP contribution in [-0.4, -0.2) is 22.4 Å². The molecule has 0 aromatic rings. The Morgan fingerprint density at radius 3 is 2.43 bits per heavy atom. The molecule has 0 saturated heterocycles. The van der Waals surface area contributed by atoms with Gasteiger partial charge in [0.25, 0.3) is 0 Å². The average molecular weight is 236 g/mol. The van der Waals surface area contributed by atoms with Gasteiger partial charge >= 0.3 is 5.30 Å². The van der Waals surface area contributed by atoms with Crippen LogP contribution in [-0.2, 0) is 9.47 Å². The lowest BCUT2D eigenvalue weighted by Crippen LogP contribution is -2.18. The maximum Gasteiger partial charge on any atom is 0.375 e. The number of thiocarbonyl (C=S) groups is 1. The summed E-state index contributed by atoms with van der Waals surface area (Å²) in [7, 11) is 0. The molecule has 0 aromatic heterocycles. The summed E-state index contributed by atoms with van der Waals surface area (Å²) >= 11 is 5.70. The third-order valence-electron chi connectivity index (χ3n) is 1.65. The van der Waals surface area contributed by atoms with Crippen LogP contribution in [0.3, 0.4) is 0 Å². The predicted molar refractivity (Wildman–Crippen MR) is 62.6 cm³/mol. The molecule has 0 spiro atoms. The highest BCUT2D eigenvalue weighted by Gasteiger charge is 2.14. The van der Waals surface area contributed by atoms with Gasteiger partial charge in [0.15, 0.2) is 0 Å². The Kier molecular flexibility index (Phi) is 6.92. The number of carbonyl (C=O) groups excluding carboxylic acids is 1. The van der Waals surface area contributed by atoms with E-state index < -0.39 is 5.30 Å². The maximum absolute atomic E-state index is 11.0. The highest BCUT2D eigenvalue weighted by atomic mass is 32.2. The molecule has 14 heavy (non-hydrogen) atoms. The summed E-state index contributed by atoms with van der Waals surface area (Å²) in [6, 6.07) is 0. The number of ether oxygens (including phenoxy) is 2. The number of hydrogen-bond donors (Lipinski definition) is 0. The second-order valence-corrected chi connectivity index (χ2v) is 4.64. The Labute approximate surface area is 94.5 Å². The van der Waals surface area contributed by atoms with Gasteiger partial charge in [-0.15, -0.1) is 0 Å². The molecule has 0 bridgehead atoms. The fraction of sp³-hybridized carbons (Fsp3) is 0.778. The van der Waals surface area contributed by atoms with Crippen molar-refractivity contribution >= 4 is 33.7 Å². The van der Waals surface area contributed by atoms with Crippen molar-refractivity contribution in [2.75, 3.05) is 6.61 Å². The second-order valence-electron chi connectivity index (χ2n) is 3.10. The van der Waals surface area contributed by atoms with Crippen LogP contribution in [0.2, 0.25) is 0 Å². The molecule has 5 heteroatoms. The fourth-order valence-corrected chi connectivity index (χ4v) is 1.40. The molecule has 0 aromatic carbocycles. The van der Waals surface area contributed by atoms with E-state index in [-0.39, 0.29) is 10.5 Å². The molecule has 0 rings (SSSR count). The molecular formula is C9H16O3S2. The van der Waals surface area contributed by atoms with Crippen molar-refractivity contribution in [1.82, 2.24) is 0 Å². The Morgan fingerprint density at radius 1 is 1.43 bits per heavy atom. The SMILES string of the molecule is CCOC(=O)SC(=S)OC(C)C(C)C. The smallest absolute Gasteiger partial charge is 0.375 e. The Balaban J connectivity index is 3.81. The van der Waals surface area contributed by atoms with Crippen LogP contribution in [0.4, 0.5) is 4.79 Å². The monoisotopic (exact) mass is 236 g/mol. The van der Waals surface area contributed by atoms with E-state index >= 15 is 0 Å². The van der Waals surface area contributed by atoms with E-state index in [4.69, 9.17) is 21.7 Å². The molecule has 0 radical (unpaired) electrons. The molecule has 0 N–H and O–H groups in total. The van der Waals surface area contributed by atoms with Crippen LogP contribution in [0, 0.1) is 5.92 Å². The molecule has 0 aliphatic carbocycles. The van der Waals surface area contributed by atoms with Gasteiger partial charge in [-0.3, -0.25) is 0 Å². The van der Waals surface area contributed by atoms with Crippen molar-refractivity contribution in [3.8, 4) is 0 Å². The summed E-state index contributed by atoms with van der Waals surface area (Å²) < 4.78 is 10.3. The van der Waals surface area contributed by atoms with Crippen molar-refractivity contribution in [3.63, 3.8) is 0 Å². The first-order chi connectivity index (χ1) is 6.47. The normalized spacial score (nSPS) is 12.4. The Bertz CT molecular complexity index is 204. The number of hydrogen-bond acceptors (Lipinski definition) is 5. The molecular weight excluding hydrogens is 220 g/mol. The zero-order valence-electron chi connectivity index (χ0n) is 8.90. The summed E-state index contributed by atoms with van der Waals surface area (Å²) in [6.07, 6.45) is 0.0180. The molecule has 82 valence electrons. The van der Waals surface area contributed by atoms with E-state index in [0.717, 1.165) is 11.8 Å². The van der Waals surface area contributed by atoms with Gasteiger partial charge in [-0.1, -0.05) is 13.8 Å². The van der Waals surface area contributed by atoms with Gasteiger partial charge in [0, 0.05) is 11.8 Å². The van der Waals surface area contributed by atoms with Crippen LogP contribution in [0.25, 0.3) is 0 Å². The largest absolute Gasteiger partial charge is 0.475 e. The summed E-state index contributed by atoms with van der Waals surface area (Å²) in [5.74, 6) is 0.371. The zero-order chi connectivity index (χ0) is 11.1. The topological polar surface area (TPSA) is 35.5 Å². The summed E-state index contributed by atoms with van der Waals surface area (Å²) in [5, 5.41) is -0.409. The fourth-order valence-electron chi connectivity index (χ4n) is 0.527. The van der Waals surface area contributed by atoms with E-state index in [1.165, 1.54) is 0 Å². The van der Waals surface area contributed by atoms with Crippen LogP contribution in [0.15, 0.2) is 0 Å². The van der Waals surface area contributed by atoms with Crippen LogP contribution in [0.1, 0.15) is 27.7 Å². The lowest BCUT2D eigenvalue weighted by atomic mass is 10.1. The van der Waals surface area contributed by atoms with Crippen LogP contribution < -0.4 is 0 Å². The van der Waals surface area contributed by atoms with Gasteiger partial charge in [0.2, 0.25) is 4.38 Å². The summed E-state index contributed by atoms with van der Waals surface area (Å²) in [4.78, 5) is 11.0. The van der Waals surface area contributed by atoms with E-state index in [2.05, 4.69) is 0 Å². The van der Waals surface area contributed by atoms with E-state index in [1.54, 1.807) is 6.92 Å². The summed E-state index contributed by atoms with van der Waals surface area (Å²) in [5.41, 5.74) is 0. The minimum Gasteiger partial charge on any atom is -0.475 e. The first-order valence-electron chi connectivity index (χ1n) is 4.52. The van der Waals surface area contributed by atoms with Crippen molar-refractivity contribution in [2.45, 2.75) is 33.8 Å². The molecule has 0 heterocycles. The molecule has 1 atom stereocenters. The highest BCUT2D eigenvalue weighted by molar-refractivity contribution is 8.32. The molecule has 1 unspecified atom stereocenters. The van der Waals surface area contributed by atoms with E-state index in [9.17, 15) is 4.79 Å². The standard InChI is InChI=1S/C9H16O3S2/c1-5-11-8(10)14-9(13)12-7(4)6(2)3/h6-7H,5H2,1-4H3. The molecule has 0 aliphatic rings. The van der Waals surface area contributed by atoms with Gasteiger partial charge < -0.3 is 9.47 Å². The van der Waals surface area contributed by atoms with Crippen molar-refractivity contribution in [1.29, 1.82) is 0 Å².